The summed E-state index contributed by atoms with van der Waals surface area (Å²) in [5, 5.41) is 7.23. The van der Waals surface area contributed by atoms with Crippen LogP contribution in [0.25, 0.3) is 5.69 Å². The van der Waals surface area contributed by atoms with E-state index in [0.29, 0.717) is 22.6 Å². The number of anilines is 1. The molecule has 0 radical (unpaired) electrons. The zero-order valence-corrected chi connectivity index (χ0v) is 17.1. The average Bonchev–Trinajstić information content (AvgIpc) is 3.36. The van der Waals surface area contributed by atoms with Crippen LogP contribution in [-0.2, 0) is 0 Å². The van der Waals surface area contributed by atoms with E-state index in [4.69, 9.17) is 11.6 Å². The number of nitrogens with zero attached hydrogens (tertiary/aromatic N) is 3. The predicted octanol–water partition coefficient (Wildman–Crippen LogP) is 4.46. The van der Waals surface area contributed by atoms with E-state index in [-0.39, 0.29) is 22.4 Å². The monoisotopic (exact) mass is 426 g/mol. The molecule has 6 nitrogen and oxygen atoms in total. The number of aromatic nitrogens is 2. The van der Waals surface area contributed by atoms with Crippen molar-refractivity contribution in [3.63, 3.8) is 0 Å². The van der Waals surface area contributed by atoms with Gasteiger partial charge < -0.3 is 10.2 Å². The molecule has 4 rings (SSSR count). The molecule has 0 aliphatic carbocycles. The largest absolute Gasteiger partial charge is 0.339 e. The summed E-state index contributed by atoms with van der Waals surface area (Å²) >= 11 is 6.42. The molecule has 1 saturated heterocycles. The Balaban J connectivity index is 1.56. The molecular weight excluding hydrogens is 407 g/mol. The predicted molar refractivity (Wildman–Crippen MR) is 113 cm³/mol. The minimum Gasteiger partial charge on any atom is -0.339 e. The number of halogens is 2. The van der Waals surface area contributed by atoms with Gasteiger partial charge in [0.15, 0.2) is 0 Å². The van der Waals surface area contributed by atoms with E-state index in [1.165, 1.54) is 28.9 Å². The van der Waals surface area contributed by atoms with Crippen molar-refractivity contribution in [1.82, 2.24) is 14.7 Å². The molecule has 1 aliphatic rings. The molecular formula is C22H20ClFN4O2. The van der Waals surface area contributed by atoms with Crippen LogP contribution in [0.3, 0.4) is 0 Å². The number of hydrogen-bond donors (Lipinski definition) is 1. The van der Waals surface area contributed by atoms with Crippen LogP contribution in [-0.4, -0.2) is 39.6 Å². The summed E-state index contributed by atoms with van der Waals surface area (Å²) in [5.41, 5.74) is 2.22. The minimum atomic E-state index is -0.434. The van der Waals surface area contributed by atoms with Crippen LogP contribution < -0.4 is 5.32 Å². The summed E-state index contributed by atoms with van der Waals surface area (Å²) in [6, 6.07) is 12.5. The maximum absolute atomic E-state index is 13.2. The topological polar surface area (TPSA) is 67.2 Å². The number of rotatable bonds is 4. The molecule has 8 heteroatoms. The van der Waals surface area contributed by atoms with Crippen molar-refractivity contribution in [3.05, 3.63) is 76.3 Å². The Hall–Kier alpha value is -3.19. The molecule has 0 unspecified atom stereocenters. The Bertz CT molecular complexity index is 1100. The summed E-state index contributed by atoms with van der Waals surface area (Å²) in [5.74, 6) is -0.848. The number of carbonyl (C=O) groups excluding carboxylic acids is 2. The molecule has 1 fully saturated rings. The van der Waals surface area contributed by atoms with E-state index >= 15 is 0 Å². The van der Waals surface area contributed by atoms with E-state index in [2.05, 4.69) is 10.4 Å². The van der Waals surface area contributed by atoms with Crippen LogP contribution in [0, 0.1) is 12.7 Å². The lowest BCUT2D eigenvalue weighted by atomic mass is 10.1. The van der Waals surface area contributed by atoms with E-state index in [0.717, 1.165) is 25.9 Å². The molecule has 2 aromatic carbocycles. The second-order valence-electron chi connectivity index (χ2n) is 7.17. The van der Waals surface area contributed by atoms with Gasteiger partial charge >= 0.3 is 0 Å². The first-order valence-corrected chi connectivity index (χ1v) is 10.0. The fourth-order valence-corrected chi connectivity index (χ4v) is 3.89. The third kappa shape index (κ3) is 3.93. The van der Waals surface area contributed by atoms with Gasteiger partial charge in [0.25, 0.3) is 11.8 Å². The first-order chi connectivity index (χ1) is 14.4. The lowest BCUT2D eigenvalue weighted by Gasteiger charge is -2.15. The standard InChI is InChI=1S/C22H20ClFN4O2/c1-14-19(20(23)28(26-14)18-9-7-16(24)8-10-18)21(29)25-17-6-4-5-15(13-17)22(30)27-11-2-3-12-27/h4-10,13H,2-3,11-12H2,1H3,(H,25,29). The Morgan fingerprint density at radius 3 is 2.50 bits per heavy atom. The van der Waals surface area contributed by atoms with Crippen LogP contribution >= 0.6 is 11.6 Å². The molecule has 2 heterocycles. The number of nitrogens with one attached hydrogen (secondary N) is 1. The second-order valence-corrected chi connectivity index (χ2v) is 7.53. The second kappa shape index (κ2) is 8.28. The molecule has 154 valence electrons. The lowest BCUT2D eigenvalue weighted by Crippen LogP contribution is -2.27. The van der Waals surface area contributed by atoms with Gasteiger partial charge in [-0.15, -0.1) is 0 Å². The maximum atomic E-state index is 13.2. The number of amides is 2. The van der Waals surface area contributed by atoms with Gasteiger partial charge in [0.2, 0.25) is 0 Å². The van der Waals surface area contributed by atoms with Gasteiger partial charge in [-0.2, -0.15) is 5.10 Å². The first kappa shape index (κ1) is 20.1. The molecule has 1 aromatic heterocycles. The van der Waals surface area contributed by atoms with Gasteiger partial charge in [-0.1, -0.05) is 17.7 Å². The Labute approximate surface area is 178 Å². The van der Waals surface area contributed by atoms with E-state index in [1.807, 2.05) is 4.90 Å². The molecule has 1 aliphatic heterocycles. The van der Waals surface area contributed by atoms with Gasteiger partial charge in [-0.25, -0.2) is 9.07 Å². The highest BCUT2D eigenvalue weighted by atomic mass is 35.5. The summed E-state index contributed by atoms with van der Waals surface area (Å²) in [4.78, 5) is 27.3. The molecule has 0 atom stereocenters. The Morgan fingerprint density at radius 2 is 1.80 bits per heavy atom. The number of carbonyl (C=O) groups is 2. The summed E-state index contributed by atoms with van der Waals surface area (Å²) in [7, 11) is 0. The highest BCUT2D eigenvalue weighted by Gasteiger charge is 2.23. The van der Waals surface area contributed by atoms with Crippen molar-refractivity contribution in [1.29, 1.82) is 0 Å². The molecule has 30 heavy (non-hydrogen) atoms. The maximum Gasteiger partial charge on any atom is 0.260 e. The van der Waals surface area contributed by atoms with Crippen LogP contribution in [0.2, 0.25) is 5.15 Å². The third-order valence-electron chi connectivity index (χ3n) is 5.06. The van der Waals surface area contributed by atoms with Crippen LogP contribution in [0.1, 0.15) is 39.3 Å². The number of likely N-dealkylation sites (tertiary alicyclic amines) is 1. The fraction of sp³-hybridized carbons (Fsp3) is 0.227. The van der Waals surface area contributed by atoms with Crippen molar-refractivity contribution >= 4 is 29.1 Å². The molecule has 0 spiro atoms. The molecule has 2 amide bonds. The van der Waals surface area contributed by atoms with Crippen LogP contribution in [0.5, 0.6) is 0 Å². The quantitative estimate of drug-likeness (QED) is 0.669. The third-order valence-corrected chi connectivity index (χ3v) is 5.41. The fourth-order valence-electron chi connectivity index (χ4n) is 3.54. The van der Waals surface area contributed by atoms with Crippen molar-refractivity contribution in [2.45, 2.75) is 19.8 Å². The van der Waals surface area contributed by atoms with Gasteiger partial charge in [-0.3, -0.25) is 9.59 Å². The van der Waals surface area contributed by atoms with Crippen molar-refractivity contribution < 1.29 is 14.0 Å². The first-order valence-electron chi connectivity index (χ1n) is 9.66. The SMILES string of the molecule is Cc1nn(-c2ccc(F)cc2)c(Cl)c1C(=O)Nc1cccc(C(=O)N2CCCC2)c1. The van der Waals surface area contributed by atoms with Crippen LogP contribution in [0.15, 0.2) is 48.5 Å². The van der Waals surface area contributed by atoms with Gasteiger partial charge in [0.1, 0.15) is 16.5 Å². The summed E-state index contributed by atoms with van der Waals surface area (Å²) < 4.78 is 14.6. The smallest absolute Gasteiger partial charge is 0.260 e. The molecule has 3 aromatic rings. The average molecular weight is 427 g/mol. The van der Waals surface area contributed by atoms with Gasteiger partial charge in [0, 0.05) is 24.3 Å². The van der Waals surface area contributed by atoms with Gasteiger partial charge in [-0.05, 0) is 62.2 Å². The van der Waals surface area contributed by atoms with E-state index in [1.54, 1.807) is 31.2 Å². The highest BCUT2D eigenvalue weighted by molar-refractivity contribution is 6.34. The number of benzene rings is 2. The van der Waals surface area contributed by atoms with Gasteiger partial charge in [0.05, 0.1) is 11.4 Å². The summed E-state index contributed by atoms with van der Waals surface area (Å²) in [6.07, 6.45) is 2.02. The van der Waals surface area contributed by atoms with Crippen molar-refractivity contribution in [3.8, 4) is 5.69 Å². The Morgan fingerprint density at radius 1 is 1.10 bits per heavy atom. The molecule has 1 N–H and O–H groups in total. The van der Waals surface area contributed by atoms with Crippen molar-refractivity contribution in [2.24, 2.45) is 0 Å². The zero-order chi connectivity index (χ0) is 21.3. The number of aryl methyl sites for hydroxylation is 1. The molecule has 0 saturated carbocycles. The van der Waals surface area contributed by atoms with Crippen molar-refractivity contribution in [2.75, 3.05) is 18.4 Å². The minimum absolute atomic E-state index is 0.0399. The highest BCUT2D eigenvalue weighted by Crippen LogP contribution is 2.25. The zero-order valence-electron chi connectivity index (χ0n) is 16.4. The Kier molecular flexibility index (Phi) is 5.55. The molecule has 0 bridgehead atoms. The van der Waals surface area contributed by atoms with Crippen LogP contribution in [0.4, 0.5) is 10.1 Å². The number of hydrogen-bond acceptors (Lipinski definition) is 3. The summed E-state index contributed by atoms with van der Waals surface area (Å²) in [6.45, 7) is 3.19. The lowest BCUT2D eigenvalue weighted by molar-refractivity contribution is 0.0792. The normalized spacial score (nSPS) is 13.5. The van der Waals surface area contributed by atoms with E-state index in [9.17, 15) is 14.0 Å². The van der Waals surface area contributed by atoms with E-state index < -0.39 is 5.91 Å².